The van der Waals surface area contributed by atoms with Crippen LogP contribution in [0.1, 0.15) is 27.4 Å². The third-order valence-electron chi connectivity index (χ3n) is 4.37. The summed E-state index contributed by atoms with van der Waals surface area (Å²) in [5, 5.41) is 5.12. The smallest absolute Gasteiger partial charge is 0.271 e. The van der Waals surface area contributed by atoms with Gasteiger partial charge in [0, 0.05) is 42.5 Å². The van der Waals surface area contributed by atoms with Crippen molar-refractivity contribution in [2.75, 3.05) is 49.3 Å². The lowest BCUT2D eigenvalue weighted by molar-refractivity contribution is -0.112. The minimum atomic E-state index is -0.632. The van der Waals surface area contributed by atoms with Crippen LogP contribution in [0.2, 0.25) is 0 Å². The molecular weight excluding hydrogens is 587 g/mol. The third kappa shape index (κ3) is 9.81. The van der Waals surface area contributed by atoms with E-state index in [1.165, 1.54) is 21.6 Å². The highest BCUT2D eigenvalue weighted by Crippen LogP contribution is 2.37. The Morgan fingerprint density at radius 2 is 1.25 bits per heavy atom. The van der Waals surface area contributed by atoms with E-state index in [0.717, 1.165) is 21.6 Å². The van der Waals surface area contributed by atoms with Gasteiger partial charge in [-0.3, -0.25) is 19.2 Å². The molecule has 0 aliphatic carbocycles. The molecule has 1 aliphatic heterocycles. The van der Waals surface area contributed by atoms with Crippen LogP contribution in [0.25, 0.3) is 0 Å². The van der Waals surface area contributed by atoms with Gasteiger partial charge in [-0.2, -0.15) is 25.3 Å². The molecule has 0 saturated carbocycles. The summed E-state index contributed by atoms with van der Waals surface area (Å²) >= 11 is 7.99. The number of rotatable bonds is 14. The molecular formula is C19H29N5O6S6. The second-order valence-electron chi connectivity index (χ2n) is 7.12. The molecule has 0 saturated heterocycles. The molecule has 11 nitrogen and oxygen atoms in total. The van der Waals surface area contributed by atoms with Gasteiger partial charge >= 0.3 is 0 Å². The summed E-state index contributed by atoms with van der Waals surface area (Å²) in [5.41, 5.74) is 11.4. The molecule has 2 heterocycles. The van der Waals surface area contributed by atoms with Gasteiger partial charge < -0.3 is 36.6 Å². The largest absolute Gasteiger partial charge is 0.487 e. The number of ether oxygens (including phenoxy) is 2. The minimum Gasteiger partial charge on any atom is -0.487 e. The number of H-pyrrole nitrogens is 1. The first-order valence-corrected chi connectivity index (χ1v) is 16.7. The molecule has 202 valence electrons. The molecule has 2 atom stereocenters. The number of fused-ring (bicyclic) bond motifs is 1. The number of nitrogens with one attached hydrogen (secondary N) is 3. The van der Waals surface area contributed by atoms with E-state index in [1.807, 2.05) is 0 Å². The zero-order chi connectivity index (χ0) is 26.5. The van der Waals surface area contributed by atoms with Crippen LogP contribution >= 0.6 is 68.4 Å². The van der Waals surface area contributed by atoms with Gasteiger partial charge in [0.2, 0.25) is 10.2 Å². The van der Waals surface area contributed by atoms with Gasteiger partial charge in [0.25, 0.3) is 11.8 Å². The van der Waals surface area contributed by atoms with E-state index in [2.05, 4.69) is 40.9 Å². The fourth-order valence-corrected chi connectivity index (χ4v) is 6.73. The van der Waals surface area contributed by atoms with Crippen LogP contribution in [-0.2, 0) is 9.59 Å². The number of hydrogen-bond donors (Lipinski definition) is 7. The van der Waals surface area contributed by atoms with Crippen molar-refractivity contribution in [3.05, 3.63) is 11.4 Å². The monoisotopic (exact) mass is 615 g/mol. The lowest BCUT2D eigenvalue weighted by Gasteiger charge is -2.08. The van der Waals surface area contributed by atoms with E-state index in [1.54, 1.807) is 0 Å². The van der Waals surface area contributed by atoms with E-state index in [0.29, 0.717) is 31.1 Å². The molecule has 0 fully saturated rings. The van der Waals surface area contributed by atoms with Gasteiger partial charge in [-0.05, 0) is 21.6 Å². The van der Waals surface area contributed by atoms with Crippen molar-refractivity contribution in [3.63, 3.8) is 0 Å². The predicted octanol–water partition coefficient (Wildman–Crippen LogP) is 0.966. The zero-order valence-corrected chi connectivity index (χ0v) is 24.2. The number of aromatic amines is 1. The number of nitrogens with two attached hydrogens (primary N) is 2. The van der Waals surface area contributed by atoms with Gasteiger partial charge in [0.15, 0.2) is 22.9 Å². The Bertz CT molecular complexity index is 851. The fraction of sp³-hybridized carbons (Fsp3) is 0.579. The summed E-state index contributed by atoms with van der Waals surface area (Å²) in [4.78, 5) is 51.8. The summed E-state index contributed by atoms with van der Waals surface area (Å²) in [6.07, 6.45) is 0.601. The SMILES string of the molecule is N[C@@H](CS)C(=O)SSCCNC(=O)c1[nH]c(C(=O)NCCSSC(=O)[C@@H](N)CS)c2c1OCCCO2. The molecule has 7 N–H and O–H groups in total. The second-order valence-corrected chi connectivity index (χ2v) is 12.7. The Morgan fingerprint density at radius 1 is 0.833 bits per heavy atom. The Morgan fingerprint density at radius 3 is 1.64 bits per heavy atom. The highest BCUT2D eigenvalue weighted by molar-refractivity contribution is 8.82. The maximum Gasteiger partial charge on any atom is 0.271 e. The van der Waals surface area contributed by atoms with Crippen molar-refractivity contribution in [1.29, 1.82) is 0 Å². The third-order valence-corrected chi connectivity index (χ3v) is 9.76. The Balaban J connectivity index is 1.90. The number of carbonyl (C=O) groups excluding carboxylic acids is 4. The zero-order valence-electron chi connectivity index (χ0n) is 19.2. The van der Waals surface area contributed by atoms with E-state index in [4.69, 9.17) is 20.9 Å². The average Bonchev–Trinajstić information content (AvgIpc) is 3.07. The molecule has 0 spiro atoms. The van der Waals surface area contributed by atoms with Crippen LogP contribution in [0.3, 0.4) is 0 Å². The molecule has 36 heavy (non-hydrogen) atoms. The number of carbonyl (C=O) groups is 4. The van der Waals surface area contributed by atoms with Crippen LogP contribution in [0, 0.1) is 0 Å². The van der Waals surface area contributed by atoms with Crippen LogP contribution in [0.4, 0.5) is 0 Å². The lowest BCUT2D eigenvalue weighted by Crippen LogP contribution is -2.30. The first kappa shape index (κ1) is 31.4. The van der Waals surface area contributed by atoms with Crippen molar-refractivity contribution in [2.24, 2.45) is 11.5 Å². The first-order chi connectivity index (χ1) is 17.3. The van der Waals surface area contributed by atoms with Crippen molar-refractivity contribution in [1.82, 2.24) is 15.6 Å². The molecule has 1 aromatic rings. The van der Waals surface area contributed by atoms with Crippen LogP contribution in [0.15, 0.2) is 0 Å². The highest BCUT2D eigenvalue weighted by Gasteiger charge is 2.30. The molecule has 1 aliphatic rings. The summed E-state index contributed by atoms with van der Waals surface area (Å²) < 4.78 is 11.4. The molecule has 1 aromatic heterocycles. The molecule has 0 radical (unpaired) electrons. The summed E-state index contributed by atoms with van der Waals surface area (Å²) in [6.45, 7) is 1.23. The molecule has 2 rings (SSSR count). The van der Waals surface area contributed by atoms with Gasteiger partial charge in [-0.25, -0.2) is 0 Å². The van der Waals surface area contributed by atoms with Gasteiger partial charge in [0.05, 0.1) is 25.3 Å². The van der Waals surface area contributed by atoms with E-state index in [-0.39, 0.29) is 57.7 Å². The van der Waals surface area contributed by atoms with Crippen LogP contribution in [0.5, 0.6) is 11.5 Å². The van der Waals surface area contributed by atoms with Crippen LogP contribution < -0.4 is 31.6 Å². The highest BCUT2D eigenvalue weighted by atomic mass is 33.1. The van der Waals surface area contributed by atoms with E-state index in [9.17, 15) is 19.2 Å². The first-order valence-electron chi connectivity index (χ1n) is 10.8. The van der Waals surface area contributed by atoms with Crippen molar-refractivity contribution in [3.8, 4) is 11.5 Å². The molecule has 0 aromatic carbocycles. The Kier molecular flexibility index (Phi) is 14.7. The molecule has 2 amide bonds. The van der Waals surface area contributed by atoms with E-state index >= 15 is 0 Å². The number of amides is 2. The van der Waals surface area contributed by atoms with Crippen LogP contribution in [-0.4, -0.2) is 88.4 Å². The Labute approximate surface area is 235 Å². The number of thiol groups is 2. The van der Waals surface area contributed by atoms with Gasteiger partial charge in [-0.15, -0.1) is 0 Å². The van der Waals surface area contributed by atoms with Gasteiger partial charge in [0.1, 0.15) is 0 Å². The maximum absolute atomic E-state index is 12.8. The summed E-state index contributed by atoms with van der Waals surface area (Å²) in [7, 11) is 4.59. The molecule has 17 heteroatoms. The fourth-order valence-electron chi connectivity index (χ4n) is 2.53. The topological polar surface area (TPSA) is 179 Å². The maximum atomic E-state index is 12.8. The minimum absolute atomic E-state index is 0.0825. The van der Waals surface area contributed by atoms with Crippen molar-refractivity contribution in [2.45, 2.75) is 18.5 Å². The molecule has 0 bridgehead atoms. The van der Waals surface area contributed by atoms with Gasteiger partial charge in [-0.1, -0.05) is 21.6 Å². The van der Waals surface area contributed by atoms with E-state index < -0.39 is 23.9 Å². The summed E-state index contributed by atoms with van der Waals surface area (Å²) in [5.74, 6) is 0.893. The second kappa shape index (κ2) is 16.9. The number of hydrogen-bond acceptors (Lipinski definition) is 14. The standard InChI is InChI=1S/C19H29N5O6S6/c20-10(8-31)18(27)35-33-6-2-22-16(25)12-14-15(30-5-1-4-29-14)13(24-12)17(26)23-3-7-34-36-19(28)11(21)9-32/h10-11,24,31-32H,1-9,20-21H2,(H,22,25)(H,23,26)/t10-,11-/m0/s1. The predicted molar refractivity (Wildman–Crippen MR) is 155 cm³/mol. The quantitative estimate of drug-likeness (QED) is 0.0897. The summed E-state index contributed by atoms with van der Waals surface area (Å²) in [6, 6.07) is -1.26. The normalized spacial score (nSPS) is 14.4. The average molecular weight is 616 g/mol. The number of aromatic nitrogens is 1. The Hall–Kier alpha value is -0.820. The van der Waals surface area contributed by atoms with Crippen molar-refractivity contribution >= 4 is 90.5 Å². The molecule has 0 unspecified atom stereocenters. The lowest BCUT2D eigenvalue weighted by atomic mass is 10.3. The van der Waals surface area contributed by atoms with Crippen molar-refractivity contribution < 1.29 is 28.7 Å².